The number of primary amides is 1. The summed E-state index contributed by atoms with van der Waals surface area (Å²) < 4.78 is 69.8. The van der Waals surface area contributed by atoms with Gasteiger partial charge in [-0.1, -0.05) is 42.5 Å². The Morgan fingerprint density at radius 2 is 1.62 bits per heavy atom. The molecule has 4 rings (SSSR count). The van der Waals surface area contributed by atoms with Crippen LogP contribution in [0.5, 0.6) is 0 Å². The third-order valence-electron chi connectivity index (χ3n) is 6.22. The van der Waals surface area contributed by atoms with Gasteiger partial charge in [0.05, 0.1) is 12.1 Å². The van der Waals surface area contributed by atoms with Crippen molar-refractivity contribution in [2.45, 2.75) is 25.6 Å². The molecule has 198 valence electrons. The standard InChI is InChI=1S/C29H20F5N3O2/c30-22-9-8-21(26(31)13-22)16-37-23(14-25(29(32,33)34)24(15-35)28(37)39)10-7-17-3-1-4-18(11-17)19-5-2-6-20(12-19)27(36)38/h1-6,8-9,11-14H,7,10,16H2,(H2,36,38). The molecule has 0 saturated heterocycles. The van der Waals surface area contributed by atoms with Crippen LogP contribution in [0.2, 0.25) is 0 Å². The first-order chi connectivity index (χ1) is 18.5. The summed E-state index contributed by atoms with van der Waals surface area (Å²) in [7, 11) is 0. The molecule has 1 heterocycles. The second-order valence-electron chi connectivity index (χ2n) is 8.81. The summed E-state index contributed by atoms with van der Waals surface area (Å²) in [6.07, 6.45) is -4.83. The Morgan fingerprint density at radius 1 is 0.923 bits per heavy atom. The molecule has 3 aromatic carbocycles. The second kappa shape index (κ2) is 10.9. The van der Waals surface area contributed by atoms with Crippen molar-refractivity contribution in [1.82, 2.24) is 4.57 Å². The van der Waals surface area contributed by atoms with E-state index in [4.69, 9.17) is 5.73 Å². The van der Waals surface area contributed by atoms with E-state index in [1.165, 1.54) is 6.07 Å². The van der Waals surface area contributed by atoms with E-state index in [9.17, 15) is 36.8 Å². The maximum Gasteiger partial charge on any atom is 0.417 e. The summed E-state index contributed by atoms with van der Waals surface area (Å²) in [6.45, 7) is -0.493. The molecule has 0 aliphatic rings. The van der Waals surface area contributed by atoms with Crippen molar-refractivity contribution in [3.63, 3.8) is 0 Å². The van der Waals surface area contributed by atoms with Crippen molar-refractivity contribution >= 4 is 5.91 Å². The molecule has 0 fully saturated rings. The Morgan fingerprint density at radius 3 is 2.26 bits per heavy atom. The third-order valence-corrected chi connectivity index (χ3v) is 6.22. The highest BCUT2D eigenvalue weighted by molar-refractivity contribution is 5.94. The quantitative estimate of drug-likeness (QED) is 0.311. The molecule has 1 amide bonds. The summed E-state index contributed by atoms with van der Waals surface area (Å²) in [4.78, 5) is 24.5. The fourth-order valence-electron chi connectivity index (χ4n) is 4.26. The zero-order valence-electron chi connectivity index (χ0n) is 20.2. The van der Waals surface area contributed by atoms with Gasteiger partial charge >= 0.3 is 6.18 Å². The number of amides is 1. The summed E-state index contributed by atoms with van der Waals surface area (Å²) >= 11 is 0. The highest BCUT2D eigenvalue weighted by Gasteiger charge is 2.36. The number of hydrogen-bond donors (Lipinski definition) is 1. The number of carbonyl (C=O) groups is 1. The summed E-state index contributed by atoms with van der Waals surface area (Å²) in [5.41, 5.74) is 3.91. The fourth-order valence-corrected chi connectivity index (χ4v) is 4.26. The number of pyridine rings is 1. The third kappa shape index (κ3) is 6.04. The van der Waals surface area contributed by atoms with Crippen LogP contribution in [0.3, 0.4) is 0 Å². The zero-order valence-corrected chi connectivity index (χ0v) is 20.2. The topological polar surface area (TPSA) is 88.9 Å². The first-order valence-corrected chi connectivity index (χ1v) is 11.6. The van der Waals surface area contributed by atoms with Crippen molar-refractivity contribution in [2.75, 3.05) is 0 Å². The fraction of sp³-hybridized carbons (Fsp3) is 0.138. The Balaban J connectivity index is 1.73. The molecule has 0 bridgehead atoms. The van der Waals surface area contributed by atoms with E-state index in [2.05, 4.69) is 0 Å². The van der Waals surface area contributed by atoms with Gasteiger partial charge in [0.15, 0.2) is 0 Å². The van der Waals surface area contributed by atoms with E-state index in [0.717, 1.165) is 28.3 Å². The van der Waals surface area contributed by atoms with Crippen LogP contribution in [0.4, 0.5) is 22.0 Å². The number of nitriles is 1. The van der Waals surface area contributed by atoms with Crippen molar-refractivity contribution in [2.24, 2.45) is 5.73 Å². The lowest BCUT2D eigenvalue weighted by atomic mass is 9.98. The Labute approximate surface area is 219 Å². The van der Waals surface area contributed by atoms with E-state index < -0.39 is 46.9 Å². The molecule has 0 unspecified atom stereocenters. The number of aryl methyl sites for hydroxylation is 2. The molecule has 39 heavy (non-hydrogen) atoms. The SMILES string of the molecule is N#Cc1c(C(F)(F)F)cc(CCc2cccc(-c3cccc(C(N)=O)c3)c2)n(Cc2ccc(F)cc2F)c1=O. The van der Waals surface area contributed by atoms with Crippen LogP contribution < -0.4 is 11.3 Å². The molecule has 0 atom stereocenters. The van der Waals surface area contributed by atoms with E-state index in [-0.39, 0.29) is 24.1 Å². The molecule has 2 N–H and O–H groups in total. The number of nitrogens with two attached hydrogens (primary N) is 1. The maximum absolute atomic E-state index is 14.4. The Kier molecular flexibility index (Phi) is 7.63. The minimum absolute atomic E-state index is 0.0579. The van der Waals surface area contributed by atoms with Crippen molar-refractivity contribution in [3.8, 4) is 17.2 Å². The molecular formula is C29H20F5N3O2. The van der Waals surface area contributed by atoms with Crippen LogP contribution in [-0.2, 0) is 25.6 Å². The van der Waals surface area contributed by atoms with Gasteiger partial charge in [0.25, 0.3) is 5.56 Å². The van der Waals surface area contributed by atoms with E-state index in [1.54, 1.807) is 48.5 Å². The highest BCUT2D eigenvalue weighted by Crippen LogP contribution is 2.32. The summed E-state index contributed by atoms with van der Waals surface area (Å²) in [5, 5.41) is 9.32. The lowest BCUT2D eigenvalue weighted by molar-refractivity contribution is -0.138. The largest absolute Gasteiger partial charge is 0.417 e. The number of rotatable bonds is 7. The monoisotopic (exact) mass is 537 g/mol. The van der Waals surface area contributed by atoms with Crippen LogP contribution in [0.1, 0.15) is 38.3 Å². The van der Waals surface area contributed by atoms with Gasteiger partial charge in [0.2, 0.25) is 5.91 Å². The molecule has 1 aromatic heterocycles. The average Bonchev–Trinajstić information content (AvgIpc) is 2.89. The molecule has 0 radical (unpaired) electrons. The lowest BCUT2D eigenvalue weighted by Gasteiger charge is -2.18. The van der Waals surface area contributed by atoms with Gasteiger partial charge in [-0.3, -0.25) is 9.59 Å². The number of halogens is 5. The molecule has 5 nitrogen and oxygen atoms in total. The minimum atomic E-state index is -4.97. The number of benzene rings is 3. The summed E-state index contributed by atoms with van der Waals surface area (Å²) in [6, 6.07) is 18.4. The van der Waals surface area contributed by atoms with E-state index in [1.807, 2.05) is 0 Å². The zero-order chi connectivity index (χ0) is 28.3. The van der Waals surface area contributed by atoms with Crippen molar-refractivity contribution in [3.05, 3.63) is 128 Å². The number of hydrogen-bond acceptors (Lipinski definition) is 3. The Hall–Kier alpha value is -4.78. The second-order valence-corrected chi connectivity index (χ2v) is 8.81. The molecule has 10 heteroatoms. The lowest BCUT2D eigenvalue weighted by Crippen LogP contribution is -2.30. The van der Waals surface area contributed by atoms with Crippen molar-refractivity contribution < 1.29 is 26.7 Å². The van der Waals surface area contributed by atoms with Gasteiger partial charge in [0.1, 0.15) is 23.3 Å². The minimum Gasteiger partial charge on any atom is -0.366 e. The predicted octanol–water partition coefficient (Wildman–Crippen LogP) is 5.62. The van der Waals surface area contributed by atoms with Gasteiger partial charge in [-0.05, 0) is 53.8 Å². The smallest absolute Gasteiger partial charge is 0.366 e. The predicted molar refractivity (Wildman–Crippen MR) is 134 cm³/mol. The highest BCUT2D eigenvalue weighted by atomic mass is 19.4. The average molecular weight is 537 g/mol. The summed E-state index contributed by atoms with van der Waals surface area (Å²) in [5.74, 6) is -2.42. The van der Waals surface area contributed by atoms with Gasteiger partial charge in [-0.2, -0.15) is 18.4 Å². The maximum atomic E-state index is 14.4. The van der Waals surface area contributed by atoms with Crippen LogP contribution in [0.25, 0.3) is 11.1 Å². The van der Waals surface area contributed by atoms with Crippen LogP contribution >= 0.6 is 0 Å². The number of aromatic nitrogens is 1. The molecule has 0 aliphatic heterocycles. The first kappa shape index (κ1) is 27.3. The van der Waals surface area contributed by atoms with Gasteiger partial charge < -0.3 is 10.3 Å². The van der Waals surface area contributed by atoms with E-state index >= 15 is 0 Å². The number of carbonyl (C=O) groups excluding carboxylic acids is 1. The van der Waals surface area contributed by atoms with Crippen LogP contribution in [-0.4, -0.2) is 10.5 Å². The van der Waals surface area contributed by atoms with Gasteiger partial charge in [-0.15, -0.1) is 0 Å². The molecule has 0 saturated carbocycles. The normalized spacial score (nSPS) is 11.3. The molecule has 0 aliphatic carbocycles. The Bertz CT molecular complexity index is 1670. The number of nitrogens with zero attached hydrogens (tertiary/aromatic N) is 2. The van der Waals surface area contributed by atoms with Gasteiger partial charge in [-0.25, -0.2) is 8.78 Å². The van der Waals surface area contributed by atoms with Crippen LogP contribution in [0, 0.1) is 23.0 Å². The number of alkyl halides is 3. The molecule has 0 spiro atoms. The van der Waals surface area contributed by atoms with Gasteiger partial charge in [0, 0.05) is 22.9 Å². The molecule has 4 aromatic rings. The first-order valence-electron chi connectivity index (χ1n) is 11.6. The van der Waals surface area contributed by atoms with E-state index in [0.29, 0.717) is 22.8 Å². The molecular weight excluding hydrogens is 517 g/mol. The van der Waals surface area contributed by atoms with Crippen LogP contribution in [0.15, 0.2) is 77.6 Å². The van der Waals surface area contributed by atoms with Crippen molar-refractivity contribution in [1.29, 1.82) is 5.26 Å².